The first-order valence-corrected chi connectivity index (χ1v) is 9.66. The minimum Gasteiger partial charge on any atom is -0.392 e. The van der Waals surface area contributed by atoms with Gasteiger partial charge in [0.2, 0.25) is 11.7 Å². The maximum atomic E-state index is 13.9. The van der Waals surface area contributed by atoms with Crippen molar-refractivity contribution in [3.8, 4) is 11.4 Å². The van der Waals surface area contributed by atoms with Crippen molar-refractivity contribution >= 4 is 10.9 Å². The summed E-state index contributed by atoms with van der Waals surface area (Å²) in [5.41, 5.74) is 3.38. The van der Waals surface area contributed by atoms with Crippen LogP contribution in [0.1, 0.15) is 29.5 Å². The Kier molecular flexibility index (Phi) is 4.41. The molecule has 3 heterocycles. The second-order valence-corrected chi connectivity index (χ2v) is 7.61. The summed E-state index contributed by atoms with van der Waals surface area (Å²) < 4.78 is 19.4. The highest BCUT2D eigenvalue weighted by atomic mass is 19.1. The van der Waals surface area contributed by atoms with Crippen LogP contribution in [0, 0.1) is 12.7 Å². The number of H-pyrrole nitrogens is 1. The molecule has 7 heteroatoms. The third-order valence-electron chi connectivity index (χ3n) is 5.59. The number of nitrogens with zero attached hydrogens (tertiary/aromatic N) is 3. The summed E-state index contributed by atoms with van der Waals surface area (Å²) >= 11 is 0. The van der Waals surface area contributed by atoms with Crippen molar-refractivity contribution in [3.05, 3.63) is 71.5 Å². The Bertz CT molecular complexity index is 1170. The number of aryl methyl sites for hydroxylation is 1. The Labute approximate surface area is 167 Å². The van der Waals surface area contributed by atoms with Crippen LogP contribution in [0.25, 0.3) is 22.3 Å². The fraction of sp³-hybridized carbons (Fsp3) is 0.273. The van der Waals surface area contributed by atoms with Gasteiger partial charge in [0.25, 0.3) is 0 Å². The maximum absolute atomic E-state index is 13.9. The van der Waals surface area contributed by atoms with E-state index < -0.39 is 6.10 Å². The van der Waals surface area contributed by atoms with Crippen molar-refractivity contribution in [2.75, 3.05) is 6.54 Å². The molecular formula is C22H21FN4O2. The van der Waals surface area contributed by atoms with Crippen LogP contribution in [0.15, 0.2) is 53.2 Å². The molecule has 0 aliphatic carbocycles. The standard InChI is InChI=1S/C22H21FN4O2/c1-13-6-7-14(8-18(13)23)21-25-22(29-26-21)20-9-16(28)12-27(20)11-15-10-24-19-5-3-2-4-17(15)19/h2-8,10,16,20,24,28H,9,11-12H2,1H3/t16-,20+/m1/s1. The molecule has 1 aliphatic rings. The van der Waals surface area contributed by atoms with E-state index in [4.69, 9.17) is 4.52 Å². The van der Waals surface area contributed by atoms with Crippen LogP contribution in [-0.2, 0) is 6.54 Å². The Balaban J connectivity index is 1.42. The zero-order valence-electron chi connectivity index (χ0n) is 16.0. The van der Waals surface area contributed by atoms with Crippen LogP contribution < -0.4 is 0 Å². The van der Waals surface area contributed by atoms with Crippen molar-refractivity contribution in [3.63, 3.8) is 0 Å². The molecule has 2 aromatic heterocycles. The predicted molar refractivity (Wildman–Crippen MR) is 107 cm³/mol. The largest absolute Gasteiger partial charge is 0.392 e. The number of halogens is 1. The number of aromatic amines is 1. The smallest absolute Gasteiger partial charge is 0.244 e. The SMILES string of the molecule is Cc1ccc(-c2noc([C@@H]3C[C@@H](O)CN3Cc3c[nH]c4ccccc34)n2)cc1F. The van der Waals surface area contributed by atoms with Crippen LogP contribution in [0.4, 0.5) is 4.39 Å². The van der Waals surface area contributed by atoms with Crippen molar-refractivity contribution in [1.82, 2.24) is 20.0 Å². The quantitative estimate of drug-likeness (QED) is 0.549. The fourth-order valence-electron chi connectivity index (χ4n) is 4.01. The Morgan fingerprint density at radius 1 is 1.28 bits per heavy atom. The molecule has 4 aromatic rings. The van der Waals surface area contributed by atoms with E-state index in [2.05, 4.69) is 26.1 Å². The third kappa shape index (κ3) is 3.32. The molecule has 0 spiro atoms. The number of aromatic nitrogens is 3. The molecule has 2 atom stereocenters. The molecule has 6 nitrogen and oxygen atoms in total. The Morgan fingerprint density at radius 2 is 2.14 bits per heavy atom. The molecule has 0 saturated carbocycles. The molecule has 0 radical (unpaired) electrons. The second kappa shape index (κ2) is 7.09. The molecule has 1 fully saturated rings. The van der Waals surface area contributed by atoms with E-state index in [1.807, 2.05) is 24.4 Å². The summed E-state index contributed by atoms with van der Waals surface area (Å²) in [6.07, 6.45) is 2.06. The van der Waals surface area contributed by atoms with Gasteiger partial charge in [-0.2, -0.15) is 4.98 Å². The van der Waals surface area contributed by atoms with E-state index in [0.29, 0.717) is 42.4 Å². The highest BCUT2D eigenvalue weighted by Gasteiger charge is 2.36. The number of benzene rings is 2. The number of β-amino-alcohol motifs (C(OH)–C–C–N with tert-alkyl or cyclic N) is 1. The van der Waals surface area contributed by atoms with Crippen LogP contribution in [0.3, 0.4) is 0 Å². The van der Waals surface area contributed by atoms with Crippen molar-refractivity contribution in [1.29, 1.82) is 0 Å². The van der Waals surface area contributed by atoms with E-state index in [0.717, 1.165) is 16.5 Å². The Hall–Kier alpha value is -3.03. The van der Waals surface area contributed by atoms with Gasteiger partial charge < -0.3 is 14.6 Å². The lowest BCUT2D eigenvalue weighted by molar-refractivity contribution is 0.169. The second-order valence-electron chi connectivity index (χ2n) is 7.61. The number of rotatable bonds is 4. The number of hydrogen-bond acceptors (Lipinski definition) is 5. The summed E-state index contributed by atoms with van der Waals surface area (Å²) in [5, 5.41) is 15.5. The molecule has 148 valence electrons. The maximum Gasteiger partial charge on any atom is 0.244 e. The summed E-state index contributed by atoms with van der Waals surface area (Å²) in [6, 6.07) is 12.8. The Morgan fingerprint density at radius 3 is 3.00 bits per heavy atom. The molecule has 29 heavy (non-hydrogen) atoms. The first-order valence-electron chi connectivity index (χ1n) is 9.66. The predicted octanol–water partition coefficient (Wildman–Crippen LogP) is 3.97. The normalized spacial score (nSPS) is 20.0. The van der Waals surface area contributed by atoms with Gasteiger partial charge >= 0.3 is 0 Å². The van der Waals surface area contributed by atoms with Crippen LogP contribution >= 0.6 is 0 Å². The molecule has 1 aliphatic heterocycles. The number of nitrogens with one attached hydrogen (secondary N) is 1. The number of likely N-dealkylation sites (tertiary alicyclic amines) is 1. The summed E-state index contributed by atoms with van der Waals surface area (Å²) in [5.74, 6) is 0.496. The molecular weight excluding hydrogens is 371 g/mol. The van der Waals surface area contributed by atoms with E-state index in [1.165, 1.54) is 6.07 Å². The van der Waals surface area contributed by atoms with E-state index in [9.17, 15) is 9.50 Å². The summed E-state index contributed by atoms with van der Waals surface area (Å²) in [6.45, 7) is 2.90. The van der Waals surface area contributed by atoms with Gasteiger partial charge in [-0.1, -0.05) is 35.5 Å². The zero-order valence-corrected chi connectivity index (χ0v) is 16.0. The van der Waals surface area contributed by atoms with Gasteiger partial charge in [0.15, 0.2) is 0 Å². The minimum atomic E-state index is -0.461. The lowest BCUT2D eigenvalue weighted by atomic mass is 10.1. The number of hydrogen-bond donors (Lipinski definition) is 2. The van der Waals surface area contributed by atoms with Gasteiger partial charge in [0.05, 0.1) is 12.1 Å². The van der Waals surface area contributed by atoms with Crippen molar-refractivity contribution < 1.29 is 14.0 Å². The van der Waals surface area contributed by atoms with Crippen molar-refractivity contribution in [2.24, 2.45) is 0 Å². The first kappa shape index (κ1) is 18.0. The van der Waals surface area contributed by atoms with Crippen LogP contribution in [-0.4, -0.2) is 37.8 Å². The van der Waals surface area contributed by atoms with Gasteiger partial charge in [-0.3, -0.25) is 4.90 Å². The summed E-state index contributed by atoms with van der Waals surface area (Å²) in [7, 11) is 0. The fourth-order valence-corrected chi connectivity index (χ4v) is 4.01. The van der Waals surface area contributed by atoms with E-state index in [-0.39, 0.29) is 11.9 Å². The molecule has 0 unspecified atom stereocenters. The molecule has 2 N–H and O–H groups in total. The molecule has 0 bridgehead atoms. The van der Waals surface area contributed by atoms with Gasteiger partial charge in [-0.25, -0.2) is 4.39 Å². The van der Waals surface area contributed by atoms with Crippen molar-refractivity contribution in [2.45, 2.75) is 32.0 Å². The molecule has 5 rings (SSSR count). The highest BCUT2D eigenvalue weighted by molar-refractivity contribution is 5.82. The topological polar surface area (TPSA) is 78.2 Å². The average Bonchev–Trinajstić information content (AvgIpc) is 3.43. The first-order chi connectivity index (χ1) is 14.1. The zero-order chi connectivity index (χ0) is 20.0. The van der Waals surface area contributed by atoms with E-state index in [1.54, 1.807) is 19.1 Å². The number of fused-ring (bicyclic) bond motifs is 1. The average molecular weight is 392 g/mol. The van der Waals surface area contributed by atoms with Gasteiger partial charge in [-0.15, -0.1) is 0 Å². The highest BCUT2D eigenvalue weighted by Crippen LogP contribution is 2.34. The lowest BCUT2D eigenvalue weighted by Gasteiger charge is -2.20. The monoisotopic (exact) mass is 392 g/mol. The van der Waals surface area contributed by atoms with E-state index >= 15 is 0 Å². The van der Waals surface area contributed by atoms with Crippen LogP contribution in [0.2, 0.25) is 0 Å². The van der Waals surface area contributed by atoms with Gasteiger partial charge in [0, 0.05) is 35.8 Å². The minimum absolute atomic E-state index is 0.185. The third-order valence-corrected chi connectivity index (χ3v) is 5.59. The molecule has 0 amide bonds. The molecule has 2 aromatic carbocycles. The number of para-hydroxylation sites is 1. The number of aliphatic hydroxyl groups is 1. The lowest BCUT2D eigenvalue weighted by Crippen LogP contribution is -2.24. The van der Waals surface area contributed by atoms with Gasteiger partial charge in [-0.05, 0) is 36.6 Å². The van der Waals surface area contributed by atoms with Crippen LogP contribution in [0.5, 0.6) is 0 Å². The molecule has 1 saturated heterocycles. The van der Waals surface area contributed by atoms with Gasteiger partial charge in [0.1, 0.15) is 5.82 Å². The summed E-state index contributed by atoms with van der Waals surface area (Å²) in [4.78, 5) is 9.94. The number of aliphatic hydroxyl groups excluding tert-OH is 1.